The van der Waals surface area contributed by atoms with Crippen LogP contribution in [0.1, 0.15) is 6.42 Å². The van der Waals surface area contributed by atoms with E-state index in [1.54, 1.807) is 0 Å². The number of fused-ring (bicyclic) bond motifs is 1. The van der Waals surface area contributed by atoms with E-state index in [1.807, 2.05) is 0 Å². The fraction of sp³-hybridized carbons (Fsp3) is 0.0714. The van der Waals surface area contributed by atoms with Crippen molar-refractivity contribution in [1.82, 2.24) is 0 Å². The Morgan fingerprint density at radius 1 is 1.00 bits per heavy atom. The number of carboxylic acids is 1. The van der Waals surface area contributed by atoms with E-state index >= 15 is 0 Å². The minimum absolute atomic E-state index is 0.221. The number of carboxylic acid groups (broad SMARTS) is 1. The second kappa shape index (κ2) is 6.23. The van der Waals surface area contributed by atoms with Crippen molar-refractivity contribution in [2.24, 2.45) is 5.10 Å². The molecule has 0 saturated carbocycles. The van der Waals surface area contributed by atoms with Gasteiger partial charge in [0.1, 0.15) is 9.79 Å². The first-order valence-corrected chi connectivity index (χ1v) is 10.1. The van der Waals surface area contributed by atoms with Crippen molar-refractivity contribution in [3.63, 3.8) is 0 Å². The Morgan fingerprint density at radius 2 is 1.54 bits per heavy atom. The van der Waals surface area contributed by atoms with Crippen molar-refractivity contribution < 1.29 is 40.6 Å². The lowest BCUT2D eigenvalue weighted by atomic mass is 10.1. The third-order valence-corrected chi connectivity index (χ3v) is 5.61. The highest BCUT2D eigenvalue weighted by atomic mass is 32.2. The van der Waals surface area contributed by atoms with E-state index in [0.29, 0.717) is 5.01 Å². The number of nitrogens with two attached hydrogens (primary N) is 1. The normalized spacial score (nSPS) is 15.1. The number of hydrogen-bond acceptors (Lipinski definition) is 8. The Hall–Kier alpha value is -3.07. The first-order valence-electron chi connectivity index (χ1n) is 7.25. The van der Waals surface area contributed by atoms with Crippen LogP contribution in [0.25, 0.3) is 10.8 Å². The lowest BCUT2D eigenvalue weighted by Crippen LogP contribution is -2.20. The quantitative estimate of drug-likeness (QED) is 0.380. The molecule has 1 amide bonds. The molecule has 0 aliphatic carbocycles. The molecular weight excluding hydrogens is 418 g/mol. The molecule has 0 atom stereocenters. The number of hydrogen-bond donors (Lipinski definition) is 4. The van der Waals surface area contributed by atoms with E-state index in [0.717, 1.165) is 24.3 Å². The summed E-state index contributed by atoms with van der Waals surface area (Å²) in [7, 11) is -9.82. The molecule has 5 N–H and O–H groups in total. The summed E-state index contributed by atoms with van der Waals surface area (Å²) in [5.74, 6) is -2.31. The fourth-order valence-corrected chi connectivity index (χ4v) is 4.15. The van der Waals surface area contributed by atoms with Gasteiger partial charge in [0.15, 0.2) is 5.71 Å². The van der Waals surface area contributed by atoms with E-state index < -0.39 is 54.0 Å². The van der Waals surface area contributed by atoms with Gasteiger partial charge in [-0.2, -0.15) is 26.9 Å². The predicted molar refractivity (Wildman–Crippen MR) is 95.2 cm³/mol. The van der Waals surface area contributed by atoms with Crippen molar-refractivity contribution in [3.05, 3.63) is 24.3 Å². The van der Waals surface area contributed by atoms with Crippen LogP contribution in [0.2, 0.25) is 0 Å². The van der Waals surface area contributed by atoms with E-state index in [-0.39, 0.29) is 22.1 Å². The molecule has 14 heteroatoms. The van der Waals surface area contributed by atoms with Gasteiger partial charge in [0.05, 0.1) is 12.1 Å². The molecule has 3 rings (SSSR count). The number of carbonyl (C=O) groups excluding carboxylic acids is 1. The first-order chi connectivity index (χ1) is 12.8. The zero-order chi connectivity index (χ0) is 21.0. The van der Waals surface area contributed by atoms with Gasteiger partial charge in [0, 0.05) is 16.5 Å². The van der Waals surface area contributed by atoms with Crippen LogP contribution in [-0.4, -0.2) is 48.6 Å². The van der Waals surface area contributed by atoms with E-state index in [2.05, 4.69) is 5.10 Å². The average molecular weight is 429 g/mol. The molecule has 0 fully saturated rings. The molecule has 0 unspecified atom stereocenters. The molecule has 2 aromatic carbocycles. The maximum Gasteiger partial charge on any atom is 0.352 e. The molecule has 1 heterocycles. The monoisotopic (exact) mass is 429 g/mol. The first kappa shape index (κ1) is 19.7. The van der Waals surface area contributed by atoms with Gasteiger partial charge in [-0.3, -0.25) is 13.9 Å². The number of hydrazone groups is 1. The van der Waals surface area contributed by atoms with Crippen LogP contribution in [0.15, 0.2) is 39.2 Å². The zero-order valence-electron chi connectivity index (χ0n) is 13.6. The average Bonchev–Trinajstić information content (AvgIpc) is 2.93. The maximum absolute atomic E-state index is 12.1. The van der Waals surface area contributed by atoms with Crippen molar-refractivity contribution in [2.75, 3.05) is 10.7 Å². The minimum atomic E-state index is -4.94. The molecule has 1 aliphatic rings. The number of amides is 1. The summed E-state index contributed by atoms with van der Waals surface area (Å²) in [5, 5.41) is 12.4. The smallest absolute Gasteiger partial charge is 0.352 e. The summed E-state index contributed by atoms with van der Waals surface area (Å²) in [6, 6.07) is 3.71. The van der Waals surface area contributed by atoms with Crippen LogP contribution in [0, 0.1) is 0 Å². The molecule has 12 nitrogen and oxygen atoms in total. The lowest BCUT2D eigenvalue weighted by Gasteiger charge is -2.16. The standard InChI is InChI=1S/C14H11N3O9S2/c15-6-1-8-9(11(2-6)27(21,22)23)3-7(4-12(8)28(24,25)26)17-13(18)5-10(16-17)14(19)20/h1-4H,5,15H2,(H,19,20)(H,21,22,23)(H,24,25,26). The molecule has 0 aromatic heterocycles. The van der Waals surface area contributed by atoms with Crippen LogP contribution in [-0.2, 0) is 29.8 Å². The summed E-state index contributed by atoms with van der Waals surface area (Å²) >= 11 is 0. The third-order valence-electron chi connectivity index (χ3n) is 3.82. The Kier molecular flexibility index (Phi) is 4.38. The zero-order valence-corrected chi connectivity index (χ0v) is 15.2. The molecule has 28 heavy (non-hydrogen) atoms. The van der Waals surface area contributed by atoms with Crippen LogP contribution in [0.4, 0.5) is 11.4 Å². The van der Waals surface area contributed by atoms with Gasteiger partial charge in [0.25, 0.3) is 26.1 Å². The van der Waals surface area contributed by atoms with E-state index in [4.69, 9.17) is 10.8 Å². The summed E-state index contributed by atoms with van der Waals surface area (Å²) in [6.07, 6.45) is -0.582. The number of rotatable bonds is 4. The number of anilines is 2. The fourth-order valence-electron chi connectivity index (χ4n) is 2.70. The SMILES string of the molecule is Nc1cc(S(=O)(=O)O)c2cc(N3N=C(C(=O)O)CC3=O)cc(S(=O)(=O)O)c2c1. The molecule has 1 aliphatic heterocycles. The number of nitrogens with zero attached hydrogens (tertiary/aromatic N) is 2. The Balaban J connectivity index is 2.43. The van der Waals surface area contributed by atoms with Gasteiger partial charge in [-0.1, -0.05) is 0 Å². The highest BCUT2D eigenvalue weighted by Gasteiger charge is 2.31. The van der Waals surface area contributed by atoms with Crippen LogP contribution < -0.4 is 10.7 Å². The van der Waals surface area contributed by atoms with E-state index in [1.165, 1.54) is 0 Å². The molecule has 0 saturated heterocycles. The highest BCUT2D eigenvalue weighted by molar-refractivity contribution is 7.86. The Bertz CT molecular complexity index is 1300. The lowest BCUT2D eigenvalue weighted by molar-refractivity contribution is -0.129. The largest absolute Gasteiger partial charge is 0.477 e. The summed E-state index contributed by atoms with van der Waals surface area (Å²) in [5.41, 5.74) is 4.48. The number of nitrogen functional groups attached to an aromatic ring is 1. The highest BCUT2D eigenvalue weighted by Crippen LogP contribution is 2.36. The maximum atomic E-state index is 12.1. The van der Waals surface area contributed by atoms with Crippen LogP contribution >= 0.6 is 0 Å². The molecule has 0 spiro atoms. The number of aliphatic carboxylic acids is 1. The third kappa shape index (κ3) is 3.40. The molecule has 2 aromatic rings. The van der Waals surface area contributed by atoms with Gasteiger partial charge in [-0.15, -0.1) is 0 Å². The predicted octanol–water partition coefficient (Wildman–Crippen LogP) is 0.0927. The van der Waals surface area contributed by atoms with Gasteiger partial charge < -0.3 is 10.8 Å². The summed E-state index contributed by atoms with van der Waals surface area (Å²) in [4.78, 5) is 21.5. The molecule has 0 bridgehead atoms. The Morgan fingerprint density at radius 3 is 2.04 bits per heavy atom. The van der Waals surface area contributed by atoms with Crippen molar-refractivity contribution in [3.8, 4) is 0 Å². The summed E-state index contributed by atoms with van der Waals surface area (Å²) in [6.45, 7) is 0. The molecule has 148 valence electrons. The second-order valence-electron chi connectivity index (χ2n) is 5.74. The molecular formula is C14H11N3O9S2. The van der Waals surface area contributed by atoms with Crippen LogP contribution in [0.3, 0.4) is 0 Å². The number of benzene rings is 2. The second-order valence-corrected chi connectivity index (χ2v) is 8.52. The number of carbonyl (C=O) groups is 2. The Labute approximate surface area is 157 Å². The van der Waals surface area contributed by atoms with Crippen LogP contribution in [0.5, 0.6) is 0 Å². The van der Waals surface area contributed by atoms with Crippen molar-refractivity contribution in [2.45, 2.75) is 16.2 Å². The summed E-state index contributed by atoms with van der Waals surface area (Å²) < 4.78 is 66.0. The minimum Gasteiger partial charge on any atom is -0.477 e. The van der Waals surface area contributed by atoms with Crippen molar-refractivity contribution in [1.29, 1.82) is 0 Å². The molecule has 0 radical (unpaired) electrons. The van der Waals surface area contributed by atoms with Gasteiger partial charge in [0.2, 0.25) is 0 Å². The van der Waals surface area contributed by atoms with E-state index in [9.17, 15) is 35.5 Å². The van der Waals surface area contributed by atoms with Crippen molar-refractivity contribution >= 4 is 60.0 Å². The topological polar surface area (TPSA) is 205 Å². The van der Waals surface area contributed by atoms with Gasteiger partial charge in [-0.05, 0) is 24.3 Å². The van der Waals surface area contributed by atoms with Gasteiger partial charge >= 0.3 is 5.97 Å². The van der Waals surface area contributed by atoms with Gasteiger partial charge in [-0.25, -0.2) is 4.79 Å².